The maximum atomic E-state index is 11.2. The SMILES string of the molecule is O=C(NCCO)Nc1nnc(C2CC2)s1. The molecule has 3 N–H and O–H groups in total. The van der Waals surface area contributed by atoms with Crippen LogP contribution in [-0.4, -0.2) is 34.5 Å². The molecule has 1 heterocycles. The zero-order valence-corrected chi connectivity index (χ0v) is 8.88. The van der Waals surface area contributed by atoms with Crippen molar-refractivity contribution in [3.63, 3.8) is 0 Å². The Morgan fingerprint density at radius 1 is 1.53 bits per heavy atom. The van der Waals surface area contributed by atoms with Crippen molar-refractivity contribution in [2.75, 3.05) is 18.5 Å². The molecule has 1 aliphatic carbocycles. The molecule has 0 spiro atoms. The van der Waals surface area contributed by atoms with E-state index in [0.29, 0.717) is 11.0 Å². The standard InChI is InChI=1S/C8H12N4O2S/c13-4-3-9-7(14)10-8-12-11-6(15-8)5-1-2-5/h5,13H,1-4H2,(H2,9,10,12,14). The summed E-state index contributed by atoms with van der Waals surface area (Å²) in [6, 6.07) is -0.359. The molecule has 0 unspecified atom stereocenters. The molecule has 15 heavy (non-hydrogen) atoms. The average Bonchev–Trinajstić information content (AvgIpc) is 2.98. The van der Waals surface area contributed by atoms with E-state index in [9.17, 15) is 4.79 Å². The van der Waals surface area contributed by atoms with Gasteiger partial charge in [0.2, 0.25) is 5.13 Å². The zero-order chi connectivity index (χ0) is 10.7. The number of anilines is 1. The number of urea groups is 1. The Morgan fingerprint density at radius 2 is 2.33 bits per heavy atom. The van der Waals surface area contributed by atoms with Crippen LogP contribution in [0.1, 0.15) is 23.8 Å². The minimum absolute atomic E-state index is 0.0726. The summed E-state index contributed by atoms with van der Waals surface area (Å²) in [5.41, 5.74) is 0. The first kappa shape index (κ1) is 10.3. The Morgan fingerprint density at radius 3 is 3.00 bits per heavy atom. The van der Waals surface area contributed by atoms with Gasteiger partial charge in [-0.05, 0) is 12.8 Å². The van der Waals surface area contributed by atoms with Crippen molar-refractivity contribution >= 4 is 22.5 Å². The Balaban J connectivity index is 1.84. The van der Waals surface area contributed by atoms with E-state index < -0.39 is 0 Å². The molecule has 0 atom stereocenters. The van der Waals surface area contributed by atoms with Gasteiger partial charge in [-0.2, -0.15) is 0 Å². The molecule has 1 aromatic heterocycles. The molecular weight excluding hydrogens is 216 g/mol. The van der Waals surface area contributed by atoms with Gasteiger partial charge in [0.1, 0.15) is 5.01 Å². The monoisotopic (exact) mass is 228 g/mol. The molecular formula is C8H12N4O2S. The van der Waals surface area contributed by atoms with E-state index in [4.69, 9.17) is 5.11 Å². The Hall–Kier alpha value is -1.21. The highest BCUT2D eigenvalue weighted by atomic mass is 32.1. The molecule has 1 fully saturated rings. The Labute approximate surface area is 90.7 Å². The predicted molar refractivity (Wildman–Crippen MR) is 56.0 cm³/mol. The van der Waals surface area contributed by atoms with Crippen molar-refractivity contribution in [1.29, 1.82) is 0 Å². The Bertz CT molecular complexity index is 350. The largest absolute Gasteiger partial charge is 0.395 e. The summed E-state index contributed by atoms with van der Waals surface area (Å²) in [7, 11) is 0. The fraction of sp³-hybridized carbons (Fsp3) is 0.625. The van der Waals surface area contributed by atoms with E-state index in [1.807, 2.05) is 0 Å². The van der Waals surface area contributed by atoms with Crippen LogP contribution in [0.5, 0.6) is 0 Å². The van der Waals surface area contributed by atoms with Crippen LogP contribution < -0.4 is 10.6 Å². The number of nitrogens with zero attached hydrogens (tertiary/aromatic N) is 2. The van der Waals surface area contributed by atoms with Crippen LogP contribution in [0.3, 0.4) is 0 Å². The third kappa shape index (κ3) is 2.87. The zero-order valence-electron chi connectivity index (χ0n) is 8.06. The first-order chi connectivity index (χ1) is 7.29. The van der Waals surface area contributed by atoms with E-state index in [2.05, 4.69) is 20.8 Å². The van der Waals surface area contributed by atoms with E-state index in [-0.39, 0.29) is 19.2 Å². The Kier molecular flexibility index (Phi) is 3.12. The van der Waals surface area contributed by atoms with Gasteiger partial charge in [0.05, 0.1) is 6.61 Å². The van der Waals surface area contributed by atoms with Gasteiger partial charge in [0.15, 0.2) is 0 Å². The first-order valence-electron chi connectivity index (χ1n) is 4.78. The van der Waals surface area contributed by atoms with E-state index in [1.165, 1.54) is 24.2 Å². The smallest absolute Gasteiger partial charge is 0.321 e. The van der Waals surface area contributed by atoms with E-state index in [1.54, 1.807) is 0 Å². The number of nitrogens with one attached hydrogen (secondary N) is 2. The molecule has 0 aromatic carbocycles. The number of rotatable bonds is 4. The molecule has 2 rings (SSSR count). The lowest BCUT2D eigenvalue weighted by Crippen LogP contribution is -2.30. The molecule has 0 bridgehead atoms. The normalized spacial score (nSPS) is 15.0. The van der Waals surface area contributed by atoms with Crippen LogP contribution in [0.25, 0.3) is 0 Å². The number of aliphatic hydroxyl groups is 1. The van der Waals surface area contributed by atoms with Crippen LogP contribution >= 0.6 is 11.3 Å². The average molecular weight is 228 g/mol. The first-order valence-corrected chi connectivity index (χ1v) is 5.60. The lowest BCUT2D eigenvalue weighted by Gasteiger charge is -2.01. The number of aromatic nitrogens is 2. The summed E-state index contributed by atoms with van der Waals surface area (Å²) in [6.07, 6.45) is 2.34. The molecule has 6 nitrogen and oxygen atoms in total. The third-order valence-electron chi connectivity index (χ3n) is 1.99. The van der Waals surface area contributed by atoms with Gasteiger partial charge >= 0.3 is 6.03 Å². The molecule has 1 aliphatic rings. The summed E-state index contributed by atoms with van der Waals surface area (Å²) in [5, 5.41) is 22.9. The van der Waals surface area contributed by atoms with E-state index >= 15 is 0 Å². The number of hydrogen-bond donors (Lipinski definition) is 3. The number of hydrogen-bond acceptors (Lipinski definition) is 5. The quantitative estimate of drug-likeness (QED) is 0.701. The van der Waals surface area contributed by atoms with Gasteiger partial charge in [-0.25, -0.2) is 4.79 Å². The maximum absolute atomic E-state index is 11.2. The second kappa shape index (κ2) is 4.54. The summed E-state index contributed by atoms with van der Waals surface area (Å²) in [6.45, 7) is 0.164. The molecule has 0 aliphatic heterocycles. The van der Waals surface area contributed by atoms with Crippen molar-refractivity contribution in [2.45, 2.75) is 18.8 Å². The molecule has 0 radical (unpaired) electrons. The van der Waals surface area contributed by atoms with Crippen LogP contribution in [0.2, 0.25) is 0 Å². The lowest BCUT2D eigenvalue weighted by molar-refractivity contribution is 0.245. The summed E-state index contributed by atoms with van der Waals surface area (Å²) < 4.78 is 0. The molecule has 7 heteroatoms. The van der Waals surface area contributed by atoms with Crippen LogP contribution in [-0.2, 0) is 0 Å². The van der Waals surface area contributed by atoms with Crippen molar-refractivity contribution in [3.05, 3.63) is 5.01 Å². The number of aliphatic hydroxyl groups excluding tert-OH is 1. The van der Waals surface area contributed by atoms with Crippen molar-refractivity contribution in [2.24, 2.45) is 0 Å². The van der Waals surface area contributed by atoms with Crippen LogP contribution in [0, 0.1) is 0 Å². The second-order valence-corrected chi connectivity index (χ2v) is 4.33. The van der Waals surface area contributed by atoms with Crippen molar-refractivity contribution in [1.82, 2.24) is 15.5 Å². The van der Waals surface area contributed by atoms with Crippen molar-refractivity contribution in [3.8, 4) is 0 Å². The maximum Gasteiger partial charge on any atom is 0.321 e. The minimum atomic E-state index is -0.359. The lowest BCUT2D eigenvalue weighted by atomic mass is 10.5. The molecule has 1 aromatic rings. The van der Waals surface area contributed by atoms with Gasteiger partial charge in [-0.3, -0.25) is 5.32 Å². The highest BCUT2D eigenvalue weighted by Gasteiger charge is 2.27. The highest BCUT2D eigenvalue weighted by molar-refractivity contribution is 7.15. The number of amides is 2. The second-order valence-electron chi connectivity index (χ2n) is 3.32. The predicted octanol–water partition coefficient (Wildman–Crippen LogP) is 0.529. The number of carbonyl (C=O) groups excluding carboxylic acids is 1. The highest BCUT2D eigenvalue weighted by Crippen LogP contribution is 2.41. The number of carbonyl (C=O) groups is 1. The molecule has 82 valence electrons. The topological polar surface area (TPSA) is 87.1 Å². The van der Waals surface area contributed by atoms with Gasteiger partial charge in [-0.1, -0.05) is 11.3 Å². The molecule has 0 saturated heterocycles. The van der Waals surface area contributed by atoms with E-state index in [0.717, 1.165) is 5.01 Å². The van der Waals surface area contributed by atoms with Gasteiger partial charge < -0.3 is 10.4 Å². The van der Waals surface area contributed by atoms with Crippen LogP contribution in [0.15, 0.2) is 0 Å². The van der Waals surface area contributed by atoms with Gasteiger partial charge in [0, 0.05) is 12.5 Å². The minimum Gasteiger partial charge on any atom is -0.395 e. The fourth-order valence-corrected chi connectivity index (χ4v) is 2.00. The summed E-state index contributed by atoms with van der Waals surface area (Å²) >= 11 is 1.41. The summed E-state index contributed by atoms with van der Waals surface area (Å²) in [5.74, 6) is 0.554. The van der Waals surface area contributed by atoms with Gasteiger partial charge in [0.25, 0.3) is 0 Å². The van der Waals surface area contributed by atoms with Gasteiger partial charge in [-0.15, -0.1) is 10.2 Å². The molecule has 2 amide bonds. The van der Waals surface area contributed by atoms with Crippen LogP contribution in [0.4, 0.5) is 9.93 Å². The fourth-order valence-electron chi connectivity index (χ4n) is 1.09. The molecule has 1 saturated carbocycles. The summed E-state index contributed by atoms with van der Waals surface area (Å²) in [4.78, 5) is 11.2. The third-order valence-corrected chi connectivity index (χ3v) is 2.99. The van der Waals surface area contributed by atoms with Crippen molar-refractivity contribution < 1.29 is 9.90 Å².